The molecule has 196 valence electrons. The van der Waals surface area contributed by atoms with Crippen molar-refractivity contribution < 1.29 is 19.0 Å². The number of fused-ring (bicyclic) bond motifs is 3. The standard InChI is InChI=1S/C31H38N2O4/c1-23(2)21-33-12-13-36-14-15-37-30-11-10-27(19-28(30)17-24-6-4-8-26(16-24)22-33)31(34)32-20-25-7-5-9-29(18-25)35-3/h4-11,16,18-19,23H,12-15,17,20-22H2,1-3H3,(H,32,34). The van der Waals surface area contributed by atoms with Gasteiger partial charge in [-0.05, 0) is 58.5 Å². The van der Waals surface area contributed by atoms with Gasteiger partial charge in [0, 0.05) is 38.2 Å². The second-order valence-electron chi connectivity index (χ2n) is 9.94. The first-order chi connectivity index (χ1) is 18.0. The van der Waals surface area contributed by atoms with E-state index in [1.165, 1.54) is 11.1 Å². The maximum absolute atomic E-state index is 13.0. The molecule has 3 aromatic rings. The van der Waals surface area contributed by atoms with E-state index in [1.807, 2.05) is 42.5 Å². The van der Waals surface area contributed by atoms with Gasteiger partial charge in [0.05, 0.1) is 20.3 Å². The smallest absolute Gasteiger partial charge is 0.251 e. The number of carbonyl (C=O) groups excluding carboxylic acids is 1. The van der Waals surface area contributed by atoms with Crippen LogP contribution in [0.4, 0.5) is 0 Å². The van der Waals surface area contributed by atoms with Crippen LogP contribution in [0.15, 0.2) is 66.7 Å². The first kappa shape index (κ1) is 26.7. The minimum atomic E-state index is -0.119. The molecule has 0 fully saturated rings. The summed E-state index contributed by atoms with van der Waals surface area (Å²) in [6.45, 7) is 9.42. The summed E-state index contributed by atoms with van der Waals surface area (Å²) in [4.78, 5) is 15.5. The molecule has 0 radical (unpaired) electrons. The Kier molecular flexibility index (Phi) is 9.58. The lowest BCUT2D eigenvalue weighted by molar-refractivity contribution is 0.0746. The maximum Gasteiger partial charge on any atom is 0.251 e. The Labute approximate surface area is 220 Å². The van der Waals surface area contributed by atoms with Crippen LogP contribution < -0.4 is 14.8 Å². The largest absolute Gasteiger partial charge is 0.497 e. The summed E-state index contributed by atoms with van der Waals surface area (Å²) in [5.41, 5.74) is 5.07. The number of rotatable bonds is 6. The van der Waals surface area contributed by atoms with Crippen LogP contribution in [0.2, 0.25) is 0 Å². The van der Waals surface area contributed by atoms with Crippen molar-refractivity contribution in [3.05, 3.63) is 94.5 Å². The molecule has 1 heterocycles. The van der Waals surface area contributed by atoms with E-state index in [0.29, 0.717) is 44.3 Å². The van der Waals surface area contributed by atoms with Gasteiger partial charge in [-0.25, -0.2) is 0 Å². The summed E-state index contributed by atoms with van der Waals surface area (Å²) in [7, 11) is 1.64. The predicted octanol–water partition coefficient (Wildman–Crippen LogP) is 5.08. The number of amides is 1. The molecule has 1 N–H and O–H groups in total. The Morgan fingerprint density at radius 3 is 2.68 bits per heavy atom. The van der Waals surface area contributed by atoms with E-state index in [-0.39, 0.29) is 5.91 Å². The average molecular weight is 503 g/mol. The van der Waals surface area contributed by atoms with Crippen molar-refractivity contribution in [2.45, 2.75) is 33.4 Å². The number of methoxy groups -OCH3 is 1. The predicted molar refractivity (Wildman–Crippen MR) is 146 cm³/mol. The zero-order valence-corrected chi connectivity index (χ0v) is 22.2. The van der Waals surface area contributed by atoms with Crippen molar-refractivity contribution in [1.29, 1.82) is 0 Å². The number of hydrogen-bond acceptors (Lipinski definition) is 5. The van der Waals surface area contributed by atoms with Gasteiger partial charge < -0.3 is 19.5 Å². The fourth-order valence-corrected chi connectivity index (χ4v) is 4.64. The van der Waals surface area contributed by atoms with Crippen molar-refractivity contribution in [2.75, 3.05) is 40.0 Å². The Hall–Kier alpha value is -3.35. The highest BCUT2D eigenvalue weighted by Crippen LogP contribution is 2.25. The molecule has 1 aliphatic heterocycles. The monoisotopic (exact) mass is 502 g/mol. The van der Waals surface area contributed by atoms with Gasteiger partial charge in [0.15, 0.2) is 0 Å². The molecular weight excluding hydrogens is 464 g/mol. The molecule has 3 aromatic carbocycles. The number of nitrogens with one attached hydrogen (secondary N) is 1. The molecule has 0 aromatic heterocycles. The van der Waals surface area contributed by atoms with Crippen LogP contribution in [0, 0.1) is 5.92 Å². The number of carbonyl (C=O) groups is 1. The zero-order chi connectivity index (χ0) is 26.0. The average Bonchev–Trinajstić information content (AvgIpc) is 2.89. The molecule has 0 unspecified atom stereocenters. The lowest BCUT2D eigenvalue weighted by Crippen LogP contribution is -2.31. The molecule has 0 atom stereocenters. The maximum atomic E-state index is 13.0. The number of ether oxygens (including phenoxy) is 3. The first-order valence-electron chi connectivity index (χ1n) is 13.0. The summed E-state index contributed by atoms with van der Waals surface area (Å²) in [5.74, 6) is 2.03. The van der Waals surface area contributed by atoms with Crippen molar-refractivity contribution >= 4 is 5.91 Å². The van der Waals surface area contributed by atoms with Crippen molar-refractivity contribution in [3.8, 4) is 11.5 Å². The third-order valence-electron chi connectivity index (χ3n) is 6.36. The molecule has 1 amide bonds. The Bertz CT molecular complexity index is 1180. The summed E-state index contributed by atoms with van der Waals surface area (Å²) >= 11 is 0. The Morgan fingerprint density at radius 1 is 1.00 bits per heavy atom. The summed E-state index contributed by atoms with van der Waals surface area (Å²) < 4.78 is 17.3. The second-order valence-corrected chi connectivity index (χ2v) is 9.94. The van der Waals surface area contributed by atoms with Gasteiger partial charge in [-0.15, -0.1) is 0 Å². The van der Waals surface area contributed by atoms with Crippen molar-refractivity contribution in [3.63, 3.8) is 0 Å². The van der Waals surface area contributed by atoms with Gasteiger partial charge in [0.25, 0.3) is 5.91 Å². The zero-order valence-electron chi connectivity index (χ0n) is 22.2. The lowest BCUT2D eigenvalue weighted by Gasteiger charge is -2.25. The van der Waals surface area contributed by atoms with Crippen LogP contribution in [0.3, 0.4) is 0 Å². The van der Waals surface area contributed by atoms with Crippen LogP contribution in [-0.4, -0.2) is 50.8 Å². The molecule has 0 spiro atoms. The van der Waals surface area contributed by atoms with Crippen molar-refractivity contribution in [1.82, 2.24) is 10.2 Å². The van der Waals surface area contributed by atoms with E-state index < -0.39 is 0 Å². The molecule has 0 aliphatic carbocycles. The molecule has 6 heteroatoms. The molecule has 0 saturated carbocycles. The SMILES string of the molecule is COc1cccc(CNC(=O)c2ccc3c(c2)Cc2cccc(c2)CN(CC(C)C)CCOCCO3)c1. The van der Waals surface area contributed by atoms with E-state index in [9.17, 15) is 4.79 Å². The fourth-order valence-electron chi connectivity index (χ4n) is 4.64. The van der Waals surface area contributed by atoms with Crippen LogP contribution in [0.25, 0.3) is 0 Å². The topological polar surface area (TPSA) is 60.0 Å². The number of hydrogen-bond donors (Lipinski definition) is 1. The van der Waals surface area contributed by atoms with Crippen molar-refractivity contribution in [2.24, 2.45) is 5.92 Å². The van der Waals surface area contributed by atoms with Crippen LogP contribution >= 0.6 is 0 Å². The van der Waals surface area contributed by atoms with Gasteiger partial charge in [0.1, 0.15) is 18.1 Å². The molecule has 37 heavy (non-hydrogen) atoms. The van der Waals surface area contributed by atoms with E-state index in [2.05, 4.69) is 48.3 Å². The third-order valence-corrected chi connectivity index (χ3v) is 6.36. The third kappa shape index (κ3) is 8.07. The molecule has 6 nitrogen and oxygen atoms in total. The fraction of sp³-hybridized carbons (Fsp3) is 0.387. The van der Waals surface area contributed by atoms with Gasteiger partial charge in [-0.3, -0.25) is 9.69 Å². The van der Waals surface area contributed by atoms with Gasteiger partial charge in [0.2, 0.25) is 0 Å². The summed E-state index contributed by atoms with van der Waals surface area (Å²) in [5, 5.41) is 3.02. The highest BCUT2D eigenvalue weighted by atomic mass is 16.5. The van der Waals surface area contributed by atoms with Gasteiger partial charge in [-0.2, -0.15) is 0 Å². The van der Waals surface area contributed by atoms with Crippen LogP contribution in [0.1, 0.15) is 46.5 Å². The minimum absolute atomic E-state index is 0.119. The Morgan fingerprint density at radius 2 is 1.84 bits per heavy atom. The van der Waals surface area contributed by atoms with Crippen LogP contribution in [0.5, 0.6) is 11.5 Å². The second kappa shape index (κ2) is 13.3. The molecule has 2 bridgehead atoms. The molecule has 0 saturated heterocycles. The number of benzene rings is 3. The van der Waals surface area contributed by atoms with Crippen LogP contribution in [-0.2, 0) is 24.2 Å². The molecule has 1 aliphatic rings. The van der Waals surface area contributed by atoms with Gasteiger partial charge in [-0.1, -0.05) is 50.2 Å². The van der Waals surface area contributed by atoms with E-state index in [4.69, 9.17) is 14.2 Å². The molecule has 4 rings (SSSR count). The summed E-state index contributed by atoms with van der Waals surface area (Å²) in [6, 6.07) is 22.1. The minimum Gasteiger partial charge on any atom is -0.497 e. The highest BCUT2D eigenvalue weighted by Gasteiger charge is 2.14. The first-order valence-corrected chi connectivity index (χ1v) is 13.0. The number of nitrogens with zero attached hydrogens (tertiary/aromatic N) is 1. The van der Waals surface area contributed by atoms with E-state index >= 15 is 0 Å². The quantitative estimate of drug-likeness (QED) is 0.509. The normalized spacial score (nSPS) is 14.8. The Balaban J connectivity index is 1.53. The van der Waals surface area contributed by atoms with E-state index in [0.717, 1.165) is 42.3 Å². The lowest BCUT2D eigenvalue weighted by atomic mass is 9.99. The van der Waals surface area contributed by atoms with Gasteiger partial charge >= 0.3 is 0 Å². The van der Waals surface area contributed by atoms with E-state index in [1.54, 1.807) is 7.11 Å². The molecular formula is C31H38N2O4. The summed E-state index contributed by atoms with van der Waals surface area (Å²) in [6.07, 6.45) is 0.686. The highest BCUT2D eigenvalue weighted by molar-refractivity contribution is 5.94.